The van der Waals surface area contributed by atoms with Crippen LogP contribution in [0.3, 0.4) is 0 Å². The fourth-order valence-electron chi connectivity index (χ4n) is 1.01. The van der Waals surface area contributed by atoms with Gasteiger partial charge < -0.3 is 4.74 Å². The molecular weight excluding hydrogens is 162 g/mol. The molecule has 0 aliphatic heterocycles. The van der Waals surface area contributed by atoms with Crippen molar-refractivity contribution in [1.29, 1.82) is 5.26 Å². The Bertz CT molecular complexity index is 325. The molecule has 0 amide bonds. The minimum atomic E-state index is 0.468. The van der Waals surface area contributed by atoms with E-state index in [2.05, 4.69) is 12.6 Å². The van der Waals surface area contributed by atoms with E-state index in [1.165, 1.54) is 0 Å². The van der Waals surface area contributed by atoms with Gasteiger partial charge in [0.05, 0.1) is 24.8 Å². The number of nitrogens with zero attached hydrogens (tertiary/aromatic N) is 1. The van der Waals surface area contributed by atoms with Gasteiger partial charge in [0.2, 0.25) is 0 Å². The second kappa shape index (κ2) is 5.13. The monoisotopic (exact) mass is 173 g/mol. The largest absolute Gasteiger partial charge is 0.373 e. The Balaban J connectivity index is 2.65. The molecule has 0 aliphatic carbocycles. The summed E-state index contributed by atoms with van der Waals surface area (Å²) in [5.41, 5.74) is 1.60. The normalized spacial score (nSPS) is 9.15. The van der Waals surface area contributed by atoms with E-state index < -0.39 is 0 Å². The zero-order valence-electron chi connectivity index (χ0n) is 7.36. The van der Waals surface area contributed by atoms with Crippen molar-refractivity contribution in [3.05, 3.63) is 48.0 Å². The molecule has 0 aromatic heterocycles. The summed E-state index contributed by atoms with van der Waals surface area (Å²) in [7, 11) is 0. The summed E-state index contributed by atoms with van der Waals surface area (Å²) in [4.78, 5) is 0. The highest BCUT2D eigenvalue weighted by Crippen LogP contribution is 2.08. The lowest BCUT2D eigenvalue weighted by Gasteiger charge is -2.02. The molecule has 0 aliphatic rings. The van der Waals surface area contributed by atoms with Crippen LogP contribution in [0.25, 0.3) is 0 Å². The number of rotatable bonds is 4. The highest BCUT2D eigenvalue weighted by molar-refractivity contribution is 5.36. The first-order valence-corrected chi connectivity index (χ1v) is 4.05. The quantitative estimate of drug-likeness (QED) is 0.517. The van der Waals surface area contributed by atoms with Gasteiger partial charge in [-0.05, 0) is 11.6 Å². The first kappa shape index (κ1) is 9.50. The number of hydrogen-bond donors (Lipinski definition) is 0. The van der Waals surface area contributed by atoms with Gasteiger partial charge in [-0.15, -0.1) is 6.58 Å². The molecule has 0 radical (unpaired) electrons. The number of benzene rings is 1. The highest BCUT2D eigenvalue weighted by atomic mass is 16.5. The summed E-state index contributed by atoms with van der Waals surface area (Å²) in [6.07, 6.45) is 1.69. The second-order valence-electron chi connectivity index (χ2n) is 2.57. The molecular formula is C11H11NO. The van der Waals surface area contributed by atoms with Crippen LogP contribution in [0.2, 0.25) is 0 Å². The van der Waals surface area contributed by atoms with Crippen molar-refractivity contribution >= 4 is 0 Å². The van der Waals surface area contributed by atoms with Crippen LogP contribution in [0.4, 0.5) is 0 Å². The summed E-state index contributed by atoms with van der Waals surface area (Å²) >= 11 is 0. The van der Waals surface area contributed by atoms with E-state index in [-0.39, 0.29) is 0 Å². The third kappa shape index (κ3) is 2.73. The van der Waals surface area contributed by atoms with Gasteiger partial charge in [0.1, 0.15) is 0 Å². The average Bonchev–Trinajstić information content (AvgIpc) is 2.19. The maximum Gasteiger partial charge on any atom is 0.0995 e. The summed E-state index contributed by atoms with van der Waals surface area (Å²) in [5.74, 6) is 0. The van der Waals surface area contributed by atoms with Gasteiger partial charge in [0, 0.05) is 0 Å². The first-order chi connectivity index (χ1) is 6.38. The fourth-order valence-corrected chi connectivity index (χ4v) is 1.01. The molecule has 13 heavy (non-hydrogen) atoms. The summed E-state index contributed by atoms with van der Waals surface area (Å²) in [6, 6.07) is 9.53. The van der Waals surface area contributed by atoms with Crippen LogP contribution in [-0.4, -0.2) is 6.61 Å². The number of hydrogen-bond acceptors (Lipinski definition) is 2. The molecule has 0 spiro atoms. The summed E-state index contributed by atoms with van der Waals surface area (Å²) < 4.78 is 5.24. The van der Waals surface area contributed by atoms with Gasteiger partial charge in [0.25, 0.3) is 0 Å². The van der Waals surface area contributed by atoms with Gasteiger partial charge in [-0.2, -0.15) is 5.26 Å². The smallest absolute Gasteiger partial charge is 0.0995 e. The van der Waals surface area contributed by atoms with Crippen molar-refractivity contribution in [3.63, 3.8) is 0 Å². The Morgan fingerprint density at radius 3 is 2.92 bits per heavy atom. The third-order valence-corrected chi connectivity index (χ3v) is 1.63. The van der Waals surface area contributed by atoms with Crippen molar-refractivity contribution in [3.8, 4) is 6.07 Å². The molecule has 1 aromatic carbocycles. The molecule has 0 atom stereocenters. The molecule has 0 N–H and O–H groups in total. The van der Waals surface area contributed by atoms with Crippen molar-refractivity contribution in [2.75, 3.05) is 6.61 Å². The molecule has 0 bridgehead atoms. The van der Waals surface area contributed by atoms with Gasteiger partial charge in [-0.25, -0.2) is 0 Å². The van der Waals surface area contributed by atoms with Crippen molar-refractivity contribution in [1.82, 2.24) is 0 Å². The van der Waals surface area contributed by atoms with Crippen LogP contribution in [0, 0.1) is 11.3 Å². The highest BCUT2D eigenvalue weighted by Gasteiger charge is 1.98. The predicted molar refractivity (Wildman–Crippen MR) is 51.0 cm³/mol. The summed E-state index contributed by atoms with van der Waals surface area (Å²) in [6.45, 7) is 4.53. The molecule has 2 nitrogen and oxygen atoms in total. The van der Waals surface area contributed by atoms with Gasteiger partial charge in [-0.3, -0.25) is 0 Å². The van der Waals surface area contributed by atoms with E-state index in [9.17, 15) is 0 Å². The summed E-state index contributed by atoms with van der Waals surface area (Å²) in [5, 5.41) is 8.75. The topological polar surface area (TPSA) is 33.0 Å². The Morgan fingerprint density at radius 2 is 2.23 bits per heavy atom. The third-order valence-electron chi connectivity index (χ3n) is 1.63. The van der Waals surface area contributed by atoms with E-state index in [1.54, 1.807) is 12.1 Å². The molecule has 66 valence electrons. The van der Waals surface area contributed by atoms with Crippen molar-refractivity contribution in [2.24, 2.45) is 0 Å². The molecule has 0 unspecified atom stereocenters. The first-order valence-electron chi connectivity index (χ1n) is 4.05. The maximum absolute atomic E-state index is 8.75. The Kier molecular flexibility index (Phi) is 3.74. The SMILES string of the molecule is C=CCOCc1ccccc1C#N. The number of nitriles is 1. The molecule has 0 fully saturated rings. The van der Waals surface area contributed by atoms with Crippen LogP contribution in [0.1, 0.15) is 11.1 Å². The van der Waals surface area contributed by atoms with E-state index in [4.69, 9.17) is 10.00 Å². The average molecular weight is 173 g/mol. The molecule has 0 saturated carbocycles. The van der Waals surface area contributed by atoms with Crippen LogP contribution >= 0.6 is 0 Å². The van der Waals surface area contributed by atoms with E-state index in [1.807, 2.05) is 18.2 Å². The van der Waals surface area contributed by atoms with Crippen molar-refractivity contribution in [2.45, 2.75) is 6.61 Å². The molecule has 1 aromatic rings. The molecule has 0 heterocycles. The number of ether oxygens (including phenoxy) is 1. The van der Waals surface area contributed by atoms with Gasteiger partial charge >= 0.3 is 0 Å². The molecule has 1 rings (SSSR count). The van der Waals surface area contributed by atoms with Crippen molar-refractivity contribution < 1.29 is 4.74 Å². The molecule has 0 saturated heterocycles. The van der Waals surface area contributed by atoms with Crippen LogP contribution in [0.15, 0.2) is 36.9 Å². The zero-order chi connectivity index (χ0) is 9.52. The minimum absolute atomic E-state index is 0.468. The second-order valence-corrected chi connectivity index (χ2v) is 2.57. The van der Waals surface area contributed by atoms with Crippen LogP contribution in [-0.2, 0) is 11.3 Å². The fraction of sp³-hybridized carbons (Fsp3) is 0.182. The predicted octanol–water partition coefficient (Wildman–Crippen LogP) is 2.26. The van der Waals surface area contributed by atoms with Crippen LogP contribution in [0.5, 0.6) is 0 Å². The molecule has 2 heteroatoms. The zero-order valence-corrected chi connectivity index (χ0v) is 7.36. The minimum Gasteiger partial charge on any atom is -0.373 e. The van der Waals surface area contributed by atoms with E-state index >= 15 is 0 Å². The van der Waals surface area contributed by atoms with Gasteiger partial charge in [-0.1, -0.05) is 24.3 Å². The lowest BCUT2D eigenvalue weighted by molar-refractivity contribution is 0.148. The van der Waals surface area contributed by atoms with Crippen LogP contribution < -0.4 is 0 Å². The Hall–Kier alpha value is -1.59. The lowest BCUT2D eigenvalue weighted by atomic mass is 10.1. The van der Waals surface area contributed by atoms with E-state index in [0.717, 1.165) is 5.56 Å². The maximum atomic E-state index is 8.75. The van der Waals surface area contributed by atoms with Gasteiger partial charge in [0.15, 0.2) is 0 Å². The Labute approximate surface area is 78.1 Å². The standard InChI is InChI=1S/C11H11NO/c1-2-7-13-9-11-6-4-3-5-10(11)8-12/h2-6H,1,7,9H2. The van der Waals surface area contributed by atoms with E-state index in [0.29, 0.717) is 18.8 Å². The Morgan fingerprint density at radius 1 is 1.46 bits per heavy atom. The lowest BCUT2D eigenvalue weighted by Crippen LogP contribution is -1.95.